The summed E-state index contributed by atoms with van der Waals surface area (Å²) in [4.78, 5) is 10.0. The number of benzene rings is 1. The van der Waals surface area contributed by atoms with Gasteiger partial charge in [0.05, 0.1) is 17.6 Å². The van der Waals surface area contributed by atoms with Crippen molar-refractivity contribution in [1.29, 1.82) is 0 Å². The van der Waals surface area contributed by atoms with Crippen molar-refractivity contribution in [2.24, 2.45) is 0 Å². The standard InChI is InChI=1S/C10H9NO3/c1-3-4-8-7-9(11(12)13)5-6-10(8)14-2/h5-7H,1-2H3. The molecule has 72 valence electrons. The van der Waals surface area contributed by atoms with E-state index in [0.717, 1.165) is 0 Å². The quantitative estimate of drug-likeness (QED) is 0.408. The molecule has 0 radical (unpaired) electrons. The molecule has 0 saturated heterocycles. The first-order valence-electron chi connectivity index (χ1n) is 3.94. The molecule has 0 saturated carbocycles. The zero-order valence-electron chi connectivity index (χ0n) is 7.90. The molecule has 0 aliphatic heterocycles. The molecule has 0 aliphatic carbocycles. The lowest BCUT2D eigenvalue weighted by atomic mass is 10.2. The highest BCUT2D eigenvalue weighted by Crippen LogP contribution is 2.22. The highest BCUT2D eigenvalue weighted by Gasteiger charge is 2.09. The molecule has 14 heavy (non-hydrogen) atoms. The van der Waals surface area contributed by atoms with Crippen LogP contribution < -0.4 is 4.74 Å². The zero-order chi connectivity index (χ0) is 10.6. The van der Waals surface area contributed by atoms with Gasteiger partial charge < -0.3 is 4.74 Å². The van der Waals surface area contributed by atoms with E-state index in [4.69, 9.17) is 4.74 Å². The summed E-state index contributed by atoms with van der Waals surface area (Å²) in [6.07, 6.45) is 0. The maximum atomic E-state index is 10.5. The van der Waals surface area contributed by atoms with Crippen LogP contribution in [0.5, 0.6) is 5.75 Å². The number of rotatable bonds is 2. The molecule has 4 heteroatoms. The van der Waals surface area contributed by atoms with Gasteiger partial charge in [-0.15, -0.1) is 5.92 Å². The zero-order valence-corrected chi connectivity index (χ0v) is 7.90. The Morgan fingerprint density at radius 3 is 2.71 bits per heavy atom. The summed E-state index contributed by atoms with van der Waals surface area (Å²) in [6.45, 7) is 1.66. The third-order valence-corrected chi connectivity index (χ3v) is 1.65. The monoisotopic (exact) mass is 191 g/mol. The smallest absolute Gasteiger partial charge is 0.270 e. The third kappa shape index (κ3) is 2.02. The summed E-state index contributed by atoms with van der Waals surface area (Å²) in [5, 5.41) is 10.5. The van der Waals surface area contributed by atoms with Gasteiger partial charge in [-0.3, -0.25) is 10.1 Å². The highest BCUT2D eigenvalue weighted by atomic mass is 16.6. The van der Waals surface area contributed by atoms with Crippen molar-refractivity contribution in [2.75, 3.05) is 7.11 Å². The number of hydrogen-bond donors (Lipinski definition) is 0. The Kier molecular flexibility index (Phi) is 3.08. The number of nitro groups is 1. The topological polar surface area (TPSA) is 52.4 Å². The van der Waals surface area contributed by atoms with E-state index in [9.17, 15) is 10.1 Å². The van der Waals surface area contributed by atoms with E-state index < -0.39 is 4.92 Å². The van der Waals surface area contributed by atoms with Crippen LogP contribution in [-0.4, -0.2) is 12.0 Å². The molecule has 0 amide bonds. The Bertz CT molecular complexity index is 415. The second kappa shape index (κ2) is 4.28. The Hall–Kier alpha value is -2.02. The number of ether oxygens (including phenoxy) is 1. The summed E-state index contributed by atoms with van der Waals surface area (Å²) < 4.78 is 5.01. The second-order valence-electron chi connectivity index (χ2n) is 2.52. The lowest BCUT2D eigenvalue weighted by molar-refractivity contribution is -0.384. The van der Waals surface area contributed by atoms with Crippen molar-refractivity contribution in [3.63, 3.8) is 0 Å². The summed E-state index contributed by atoms with van der Waals surface area (Å²) in [5.74, 6) is 5.96. The molecule has 4 nitrogen and oxygen atoms in total. The van der Waals surface area contributed by atoms with Gasteiger partial charge in [0.15, 0.2) is 0 Å². The van der Waals surface area contributed by atoms with Gasteiger partial charge in [-0.05, 0) is 13.0 Å². The molecule has 0 heterocycles. The average Bonchev–Trinajstić information content (AvgIpc) is 2.18. The molecule has 0 fully saturated rings. The minimum absolute atomic E-state index is 0.0172. The molecule has 0 N–H and O–H groups in total. The van der Waals surface area contributed by atoms with Crippen LogP contribution in [0.4, 0.5) is 5.69 Å². The van der Waals surface area contributed by atoms with Gasteiger partial charge in [0.2, 0.25) is 0 Å². The van der Waals surface area contributed by atoms with Gasteiger partial charge >= 0.3 is 0 Å². The first-order chi connectivity index (χ1) is 6.69. The number of hydrogen-bond acceptors (Lipinski definition) is 3. The molecular formula is C10H9NO3. The van der Waals surface area contributed by atoms with Crippen LogP contribution in [0.25, 0.3) is 0 Å². The van der Waals surface area contributed by atoms with E-state index >= 15 is 0 Å². The molecule has 0 atom stereocenters. The minimum atomic E-state index is -0.458. The molecule has 0 bridgehead atoms. The van der Waals surface area contributed by atoms with Gasteiger partial charge in [0, 0.05) is 12.1 Å². The largest absolute Gasteiger partial charge is 0.495 e. The molecule has 0 spiro atoms. The van der Waals surface area contributed by atoms with Crippen LogP contribution in [0.3, 0.4) is 0 Å². The predicted molar refractivity (Wildman–Crippen MR) is 52.2 cm³/mol. The molecule has 0 aliphatic rings. The minimum Gasteiger partial charge on any atom is -0.495 e. The normalized spacial score (nSPS) is 8.71. The molecule has 1 aromatic rings. The summed E-state index contributed by atoms with van der Waals surface area (Å²) in [7, 11) is 1.50. The van der Waals surface area contributed by atoms with Crippen molar-refractivity contribution in [1.82, 2.24) is 0 Å². The number of methoxy groups -OCH3 is 1. The van der Waals surface area contributed by atoms with E-state index in [0.29, 0.717) is 11.3 Å². The van der Waals surface area contributed by atoms with Gasteiger partial charge in [0.1, 0.15) is 5.75 Å². The summed E-state index contributed by atoms with van der Waals surface area (Å²) in [5.41, 5.74) is 0.549. The first kappa shape index (κ1) is 10.1. The van der Waals surface area contributed by atoms with Crippen molar-refractivity contribution in [3.05, 3.63) is 33.9 Å². The van der Waals surface area contributed by atoms with Crippen LogP contribution in [0, 0.1) is 22.0 Å². The molecule has 1 rings (SSSR count). The molecular weight excluding hydrogens is 182 g/mol. The van der Waals surface area contributed by atoms with Crippen LogP contribution in [0.15, 0.2) is 18.2 Å². The maximum Gasteiger partial charge on any atom is 0.270 e. The Labute approximate surface area is 81.7 Å². The Balaban J connectivity index is 3.25. The van der Waals surface area contributed by atoms with Crippen molar-refractivity contribution >= 4 is 5.69 Å². The van der Waals surface area contributed by atoms with Gasteiger partial charge in [-0.1, -0.05) is 5.92 Å². The second-order valence-corrected chi connectivity index (χ2v) is 2.52. The fourth-order valence-corrected chi connectivity index (χ4v) is 1.04. The van der Waals surface area contributed by atoms with Crippen LogP contribution in [0.1, 0.15) is 12.5 Å². The molecule has 1 aromatic carbocycles. The molecule has 0 aromatic heterocycles. The van der Waals surface area contributed by atoms with Gasteiger partial charge in [0.25, 0.3) is 5.69 Å². The highest BCUT2D eigenvalue weighted by molar-refractivity contribution is 5.52. The van der Waals surface area contributed by atoms with E-state index in [-0.39, 0.29) is 5.69 Å². The number of non-ortho nitro benzene ring substituents is 1. The average molecular weight is 191 g/mol. The number of nitro benzene ring substituents is 1. The Morgan fingerprint density at radius 1 is 1.50 bits per heavy atom. The lowest BCUT2D eigenvalue weighted by Crippen LogP contribution is -1.92. The fourth-order valence-electron chi connectivity index (χ4n) is 1.04. The molecule has 0 unspecified atom stereocenters. The first-order valence-corrected chi connectivity index (χ1v) is 3.94. The van der Waals surface area contributed by atoms with E-state index in [2.05, 4.69) is 11.8 Å². The van der Waals surface area contributed by atoms with Crippen molar-refractivity contribution in [3.8, 4) is 17.6 Å². The van der Waals surface area contributed by atoms with Crippen LogP contribution in [-0.2, 0) is 0 Å². The van der Waals surface area contributed by atoms with Crippen molar-refractivity contribution < 1.29 is 9.66 Å². The van der Waals surface area contributed by atoms with Crippen LogP contribution >= 0.6 is 0 Å². The van der Waals surface area contributed by atoms with E-state index in [1.807, 2.05) is 0 Å². The predicted octanol–water partition coefficient (Wildman–Crippen LogP) is 1.97. The van der Waals surface area contributed by atoms with E-state index in [1.54, 1.807) is 6.92 Å². The lowest BCUT2D eigenvalue weighted by Gasteiger charge is -2.01. The summed E-state index contributed by atoms with van der Waals surface area (Å²) in [6, 6.07) is 4.33. The SMILES string of the molecule is CC#Cc1cc([N+](=O)[O-])ccc1OC. The Morgan fingerprint density at radius 2 is 2.21 bits per heavy atom. The summed E-state index contributed by atoms with van der Waals surface area (Å²) >= 11 is 0. The maximum absolute atomic E-state index is 10.5. The van der Waals surface area contributed by atoms with Gasteiger partial charge in [-0.25, -0.2) is 0 Å². The van der Waals surface area contributed by atoms with Gasteiger partial charge in [-0.2, -0.15) is 0 Å². The van der Waals surface area contributed by atoms with E-state index in [1.165, 1.54) is 25.3 Å². The fraction of sp³-hybridized carbons (Fsp3) is 0.200. The van der Waals surface area contributed by atoms with Crippen molar-refractivity contribution in [2.45, 2.75) is 6.92 Å². The van der Waals surface area contributed by atoms with Crippen LogP contribution in [0.2, 0.25) is 0 Å². The third-order valence-electron chi connectivity index (χ3n) is 1.65. The number of nitrogens with zero attached hydrogens (tertiary/aromatic N) is 1.